The molecule has 0 aliphatic rings. The van der Waals surface area contributed by atoms with Gasteiger partial charge in [0.05, 0.1) is 18.7 Å². The molecule has 168 valence electrons. The summed E-state index contributed by atoms with van der Waals surface area (Å²) in [6, 6.07) is 6.69. The molecule has 0 aliphatic heterocycles. The van der Waals surface area contributed by atoms with Gasteiger partial charge in [0, 0.05) is 32.9 Å². The van der Waals surface area contributed by atoms with Gasteiger partial charge in [0.1, 0.15) is 11.4 Å². The second-order valence-electron chi connectivity index (χ2n) is 7.48. The van der Waals surface area contributed by atoms with E-state index in [0.29, 0.717) is 24.4 Å². The lowest BCUT2D eigenvalue weighted by Crippen LogP contribution is -2.43. The Morgan fingerprint density at radius 2 is 1.87 bits per heavy atom. The quantitative estimate of drug-likeness (QED) is 0.367. The number of carbonyl (C=O) groups is 2. The van der Waals surface area contributed by atoms with E-state index in [1.807, 2.05) is 13.8 Å². The summed E-state index contributed by atoms with van der Waals surface area (Å²) in [5.74, 6) is -0.972. The highest BCUT2D eigenvalue weighted by Gasteiger charge is 2.22. The van der Waals surface area contributed by atoms with Crippen LogP contribution < -0.4 is 27.6 Å². The Labute approximate surface area is 180 Å². The largest absolute Gasteiger partial charge is 0.384 e. The number of nitrogens with two attached hydrogens (primary N) is 1. The SMILES string of the molecule is COCCNC(=O)c1ccccc1NCC(=O)c1c(N)n(CC(C)C)c(=O)n(C)c1=O. The van der Waals surface area contributed by atoms with Crippen LogP contribution in [0.5, 0.6) is 0 Å². The number of para-hydroxylation sites is 1. The number of aromatic nitrogens is 2. The van der Waals surface area contributed by atoms with Gasteiger partial charge in [-0.1, -0.05) is 26.0 Å². The number of Topliss-reactive ketones (excluding diaryl/α,β-unsaturated/α-hetero) is 1. The van der Waals surface area contributed by atoms with E-state index in [9.17, 15) is 19.2 Å². The topological polar surface area (TPSA) is 137 Å². The molecule has 0 unspecified atom stereocenters. The smallest absolute Gasteiger partial charge is 0.332 e. The van der Waals surface area contributed by atoms with Gasteiger partial charge in [0.15, 0.2) is 5.78 Å². The number of benzene rings is 1. The van der Waals surface area contributed by atoms with Crippen LogP contribution in [0.3, 0.4) is 0 Å². The molecular weight excluding hydrogens is 402 g/mol. The molecule has 1 heterocycles. The molecule has 31 heavy (non-hydrogen) atoms. The first kappa shape index (κ1) is 23.9. The fourth-order valence-corrected chi connectivity index (χ4v) is 3.05. The van der Waals surface area contributed by atoms with Crippen molar-refractivity contribution in [1.82, 2.24) is 14.5 Å². The van der Waals surface area contributed by atoms with Crippen LogP contribution in [-0.4, -0.2) is 47.6 Å². The molecule has 1 amide bonds. The average Bonchev–Trinajstić information content (AvgIpc) is 2.74. The number of hydrogen-bond acceptors (Lipinski definition) is 7. The molecule has 0 atom stereocenters. The van der Waals surface area contributed by atoms with Crippen LogP contribution in [0.15, 0.2) is 33.9 Å². The van der Waals surface area contributed by atoms with Gasteiger partial charge in [-0.05, 0) is 18.1 Å². The fourth-order valence-electron chi connectivity index (χ4n) is 3.05. The molecule has 0 bridgehead atoms. The van der Waals surface area contributed by atoms with Crippen LogP contribution in [0.2, 0.25) is 0 Å². The number of methoxy groups -OCH3 is 1. The Morgan fingerprint density at radius 3 is 2.52 bits per heavy atom. The van der Waals surface area contributed by atoms with Crippen molar-refractivity contribution in [3.8, 4) is 0 Å². The average molecular weight is 431 g/mol. The molecular formula is C21H29N5O5. The number of nitrogens with zero attached hydrogens (tertiary/aromatic N) is 2. The summed E-state index contributed by atoms with van der Waals surface area (Å²) in [6.07, 6.45) is 0. The van der Waals surface area contributed by atoms with Gasteiger partial charge < -0.3 is 21.1 Å². The van der Waals surface area contributed by atoms with Crippen molar-refractivity contribution in [2.24, 2.45) is 13.0 Å². The number of carbonyl (C=O) groups excluding carboxylic acids is 2. The van der Waals surface area contributed by atoms with Crippen LogP contribution in [0.25, 0.3) is 0 Å². The molecule has 2 rings (SSSR count). The van der Waals surface area contributed by atoms with Crippen LogP contribution in [-0.2, 0) is 18.3 Å². The predicted octanol–water partition coefficient (Wildman–Crippen LogP) is 0.456. The van der Waals surface area contributed by atoms with Gasteiger partial charge in [0.25, 0.3) is 11.5 Å². The second kappa shape index (κ2) is 10.6. The Balaban J connectivity index is 2.28. The second-order valence-corrected chi connectivity index (χ2v) is 7.48. The Morgan fingerprint density at radius 1 is 1.19 bits per heavy atom. The maximum atomic E-state index is 12.9. The van der Waals surface area contributed by atoms with Gasteiger partial charge in [0.2, 0.25) is 0 Å². The lowest BCUT2D eigenvalue weighted by Gasteiger charge is -2.17. The van der Waals surface area contributed by atoms with E-state index in [2.05, 4.69) is 10.6 Å². The van der Waals surface area contributed by atoms with Crippen LogP contribution in [0, 0.1) is 5.92 Å². The number of anilines is 2. The maximum Gasteiger partial charge on any atom is 0.332 e. The van der Waals surface area contributed by atoms with Gasteiger partial charge in [-0.15, -0.1) is 0 Å². The monoisotopic (exact) mass is 431 g/mol. The van der Waals surface area contributed by atoms with Crippen molar-refractivity contribution in [1.29, 1.82) is 0 Å². The standard InChI is InChI=1S/C21H29N5O5/c1-13(2)12-26-18(22)17(20(29)25(3)21(26)30)16(27)11-24-15-8-6-5-7-14(15)19(28)23-9-10-31-4/h5-8,13,24H,9-12,22H2,1-4H3,(H,23,28). The highest BCUT2D eigenvalue weighted by Crippen LogP contribution is 2.15. The van der Waals surface area contributed by atoms with Crippen molar-refractivity contribution in [2.45, 2.75) is 20.4 Å². The Hall–Kier alpha value is -3.40. The molecule has 0 fully saturated rings. The highest BCUT2D eigenvalue weighted by molar-refractivity contribution is 6.04. The molecule has 0 saturated heterocycles. The van der Waals surface area contributed by atoms with E-state index in [1.54, 1.807) is 24.3 Å². The molecule has 4 N–H and O–H groups in total. The van der Waals surface area contributed by atoms with Gasteiger partial charge in [-0.2, -0.15) is 0 Å². The summed E-state index contributed by atoms with van der Waals surface area (Å²) >= 11 is 0. The molecule has 1 aromatic carbocycles. The van der Waals surface area contributed by atoms with E-state index < -0.39 is 17.0 Å². The molecule has 0 spiro atoms. The van der Waals surface area contributed by atoms with Crippen molar-refractivity contribution in [3.05, 3.63) is 56.2 Å². The number of ketones is 1. The first-order valence-electron chi connectivity index (χ1n) is 9.91. The maximum absolute atomic E-state index is 12.9. The zero-order valence-electron chi connectivity index (χ0n) is 18.2. The predicted molar refractivity (Wildman–Crippen MR) is 119 cm³/mol. The molecule has 1 aromatic heterocycles. The number of amides is 1. The van der Waals surface area contributed by atoms with E-state index in [4.69, 9.17) is 10.5 Å². The number of hydrogen-bond donors (Lipinski definition) is 3. The lowest BCUT2D eigenvalue weighted by atomic mass is 10.1. The molecule has 10 nitrogen and oxygen atoms in total. The number of nitrogens with one attached hydrogen (secondary N) is 2. The van der Waals surface area contributed by atoms with Crippen LogP contribution >= 0.6 is 0 Å². The summed E-state index contributed by atoms with van der Waals surface area (Å²) in [5, 5.41) is 5.62. The summed E-state index contributed by atoms with van der Waals surface area (Å²) < 4.78 is 7.03. The Bertz CT molecular complexity index is 1070. The first-order valence-corrected chi connectivity index (χ1v) is 9.91. The van der Waals surface area contributed by atoms with E-state index in [1.165, 1.54) is 18.7 Å². The van der Waals surface area contributed by atoms with Gasteiger partial charge in [-0.3, -0.25) is 23.5 Å². The summed E-state index contributed by atoms with van der Waals surface area (Å²) in [7, 11) is 2.85. The van der Waals surface area contributed by atoms with Crippen molar-refractivity contribution < 1.29 is 14.3 Å². The third kappa shape index (κ3) is 5.60. The summed E-state index contributed by atoms with van der Waals surface area (Å²) in [5.41, 5.74) is 5.24. The lowest BCUT2D eigenvalue weighted by molar-refractivity contribution is 0.0936. The number of nitrogen functional groups attached to an aromatic ring is 1. The summed E-state index contributed by atoms with van der Waals surface area (Å²) in [6.45, 7) is 4.50. The molecule has 2 aromatic rings. The minimum Gasteiger partial charge on any atom is -0.384 e. The Kier molecular flexibility index (Phi) is 8.14. The zero-order chi connectivity index (χ0) is 23.1. The number of ether oxygens (including phenoxy) is 1. The van der Waals surface area contributed by atoms with E-state index in [0.717, 1.165) is 4.57 Å². The fraction of sp³-hybridized carbons (Fsp3) is 0.429. The van der Waals surface area contributed by atoms with Crippen molar-refractivity contribution >= 4 is 23.2 Å². The highest BCUT2D eigenvalue weighted by atomic mass is 16.5. The van der Waals surface area contributed by atoms with E-state index >= 15 is 0 Å². The van der Waals surface area contributed by atoms with Crippen LogP contribution in [0.4, 0.5) is 11.5 Å². The zero-order valence-corrected chi connectivity index (χ0v) is 18.2. The van der Waals surface area contributed by atoms with Crippen molar-refractivity contribution in [3.63, 3.8) is 0 Å². The van der Waals surface area contributed by atoms with E-state index in [-0.39, 0.29) is 36.3 Å². The molecule has 10 heteroatoms. The van der Waals surface area contributed by atoms with Gasteiger partial charge >= 0.3 is 5.69 Å². The molecule has 0 aliphatic carbocycles. The summed E-state index contributed by atoms with van der Waals surface area (Å²) in [4.78, 5) is 50.2. The number of rotatable bonds is 10. The minimum absolute atomic E-state index is 0.0853. The normalized spacial score (nSPS) is 10.9. The molecule has 0 saturated carbocycles. The van der Waals surface area contributed by atoms with Crippen LogP contribution in [0.1, 0.15) is 34.6 Å². The van der Waals surface area contributed by atoms with Crippen molar-refractivity contribution in [2.75, 3.05) is 37.9 Å². The van der Waals surface area contributed by atoms with Gasteiger partial charge in [-0.25, -0.2) is 4.79 Å². The first-order chi connectivity index (χ1) is 14.7. The third-order valence-electron chi connectivity index (χ3n) is 4.61. The minimum atomic E-state index is -0.750. The third-order valence-corrected chi connectivity index (χ3v) is 4.61. The molecule has 0 radical (unpaired) electrons.